The monoisotopic (exact) mass is 303 g/mol. The van der Waals surface area contributed by atoms with Crippen LogP contribution in [0.2, 0.25) is 0 Å². The van der Waals surface area contributed by atoms with E-state index in [0.717, 1.165) is 24.7 Å². The second kappa shape index (κ2) is 7.96. The fourth-order valence-electron chi connectivity index (χ4n) is 2.13. The van der Waals surface area contributed by atoms with Gasteiger partial charge >= 0.3 is 0 Å². The number of halogens is 2. The van der Waals surface area contributed by atoms with Crippen molar-refractivity contribution in [2.24, 2.45) is 0 Å². The lowest BCUT2D eigenvalue weighted by molar-refractivity contribution is 0.156. The van der Waals surface area contributed by atoms with Crippen molar-refractivity contribution in [3.8, 4) is 0 Å². The lowest BCUT2D eigenvalue weighted by Gasteiger charge is -2.31. The molecule has 1 aromatic carbocycles. The molecule has 0 amide bonds. The van der Waals surface area contributed by atoms with Crippen LogP contribution in [0.1, 0.15) is 33.6 Å². The summed E-state index contributed by atoms with van der Waals surface area (Å²) >= 11 is 1.37. The SMILES string of the molecule is CC(C)NC(C)(CO)CCCSc1ccc(F)cc1F. The van der Waals surface area contributed by atoms with E-state index in [9.17, 15) is 13.9 Å². The quantitative estimate of drug-likeness (QED) is 0.568. The lowest BCUT2D eigenvalue weighted by Crippen LogP contribution is -2.49. The van der Waals surface area contributed by atoms with Crippen LogP contribution in [0.5, 0.6) is 0 Å². The zero-order valence-electron chi connectivity index (χ0n) is 12.2. The molecule has 0 saturated heterocycles. The summed E-state index contributed by atoms with van der Waals surface area (Å²) in [6, 6.07) is 3.94. The van der Waals surface area contributed by atoms with Crippen LogP contribution in [-0.4, -0.2) is 29.0 Å². The highest BCUT2D eigenvalue weighted by Crippen LogP contribution is 2.24. The third-order valence-corrected chi connectivity index (χ3v) is 4.15. The molecule has 0 aliphatic rings. The Hall–Kier alpha value is -0.650. The third kappa shape index (κ3) is 5.77. The highest BCUT2D eigenvalue weighted by Gasteiger charge is 2.23. The standard InChI is InChI=1S/C15H23F2NOS/c1-11(2)18-15(3,10-19)7-4-8-20-14-6-5-12(16)9-13(14)17/h5-6,9,11,18-19H,4,7-8,10H2,1-3H3. The Morgan fingerprint density at radius 3 is 2.60 bits per heavy atom. The zero-order chi connectivity index (χ0) is 15.2. The van der Waals surface area contributed by atoms with E-state index in [4.69, 9.17) is 0 Å². The highest BCUT2D eigenvalue weighted by molar-refractivity contribution is 7.99. The van der Waals surface area contributed by atoms with E-state index in [1.807, 2.05) is 20.8 Å². The number of hydrogen-bond donors (Lipinski definition) is 2. The van der Waals surface area contributed by atoms with Crippen LogP contribution in [0.4, 0.5) is 8.78 Å². The second-order valence-electron chi connectivity index (χ2n) is 5.54. The summed E-state index contributed by atoms with van der Waals surface area (Å²) in [4.78, 5) is 0.467. The van der Waals surface area contributed by atoms with Crippen molar-refractivity contribution in [1.29, 1.82) is 0 Å². The van der Waals surface area contributed by atoms with Crippen molar-refractivity contribution in [2.45, 2.75) is 50.1 Å². The maximum absolute atomic E-state index is 13.4. The Morgan fingerprint density at radius 1 is 1.35 bits per heavy atom. The first-order valence-electron chi connectivity index (χ1n) is 6.83. The number of thioether (sulfide) groups is 1. The Balaban J connectivity index is 2.40. The molecule has 114 valence electrons. The van der Waals surface area contributed by atoms with Gasteiger partial charge < -0.3 is 10.4 Å². The summed E-state index contributed by atoms with van der Waals surface area (Å²) in [6.07, 6.45) is 1.65. The maximum Gasteiger partial charge on any atom is 0.139 e. The Kier molecular flexibility index (Phi) is 6.92. The molecular weight excluding hydrogens is 280 g/mol. The predicted molar refractivity (Wildman–Crippen MR) is 80.1 cm³/mol. The minimum atomic E-state index is -0.555. The number of hydrogen-bond acceptors (Lipinski definition) is 3. The molecule has 1 aromatic rings. The highest BCUT2D eigenvalue weighted by atomic mass is 32.2. The molecule has 1 atom stereocenters. The Morgan fingerprint density at radius 2 is 2.05 bits per heavy atom. The van der Waals surface area contributed by atoms with E-state index in [2.05, 4.69) is 5.32 Å². The van der Waals surface area contributed by atoms with E-state index in [1.165, 1.54) is 23.9 Å². The van der Waals surface area contributed by atoms with E-state index in [1.54, 1.807) is 0 Å². The number of benzene rings is 1. The molecule has 0 spiro atoms. The van der Waals surface area contributed by atoms with E-state index >= 15 is 0 Å². The van der Waals surface area contributed by atoms with Gasteiger partial charge in [-0.1, -0.05) is 13.8 Å². The molecule has 0 fully saturated rings. The molecule has 1 rings (SSSR count). The van der Waals surface area contributed by atoms with Crippen LogP contribution < -0.4 is 5.32 Å². The van der Waals surface area contributed by atoms with Crippen LogP contribution in [0.25, 0.3) is 0 Å². The topological polar surface area (TPSA) is 32.3 Å². The molecule has 1 unspecified atom stereocenters. The molecule has 0 bridgehead atoms. The van der Waals surface area contributed by atoms with Gasteiger partial charge in [-0.2, -0.15) is 0 Å². The van der Waals surface area contributed by atoms with Gasteiger partial charge in [0.2, 0.25) is 0 Å². The van der Waals surface area contributed by atoms with Gasteiger partial charge in [-0.3, -0.25) is 0 Å². The Labute approximate surface area is 124 Å². The first kappa shape index (κ1) is 17.4. The number of rotatable bonds is 8. The van der Waals surface area contributed by atoms with Crippen molar-refractivity contribution < 1.29 is 13.9 Å². The summed E-state index contributed by atoms with van der Waals surface area (Å²) in [5.74, 6) is -0.334. The lowest BCUT2D eigenvalue weighted by atomic mass is 9.96. The number of aliphatic hydroxyl groups excluding tert-OH is 1. The molecule has 20 heavy (non-hydrogen) atoms. The number of nitrogens with one attached hydrogen (secondary N) is 1. The van der Waals surface area contributed by atoms with E-state index in [-0.39, 0.29) is 12.1 Å². The first-order valence-corrected chi connectivity index (χ1v) is 7.81. The van der Waals surface area contributed by atoms with Gasteiger partial charge in [-0.25, -0.2) is 8.78 Å². The van der Waals surface area contributed by atoms with Crippen molar-refractivity contribution in [3.63, 3.8) is 0 Å². The van der Waals surface area contributed by atoms with Gasteiger partial charge in [0.25, 0.3) is 0 Å². The molecule has 2 nitrogen and oxygen atoms in total. The van der Waals surface area contributed by atoms with Crippen LogP contribution in [0, 0.1) is 11.6 Å². The molecule has 0 radical (unpaired) electrons. The van der Waals surface area contributed by atoms with Crippen LogP contribution in [-0.2, 0) is 0 Å². The third-order valence-electron chi connectivity index (χ3n) is 3.01. The molecule has 0 heterocycles. The fourth-order valence-corrected chi connectivity index (χ4v) is 3.00. The largest absolute Gasteiger partial charge is 0.394 e. The average Bonchev–Trinajstić information content (AvgIpc) is 2.36. The van der Waals surface area contributed by atoms with Gasteiger partial charge in [0.1, 0.15) is 11.6 Å². The van der Waals surface area contributed by atoms with Gasteiger partial charge in [0.15, 0.2) is 0 Å². The summed E-state index contributed by atoms with van der Waals surface area (Å²) in [5.41, 5.74) is -0.309. The minimum Gasteiger partial charge on any atom is -0.394 e. The molecular formula is C15H23F2NOS. The van der Waals surface area contributed by atoms with Crippen molar-refractivity contribution >= 4 is 11.8 Å². The summed E-state index contributed by atoms with van der Waals surface area (Å²) < 4.78 is 26.2. The summed E-state index contributed by atoms with van der Waals surface area (Å²) in [7, 11) is 0. The smallest absolute Gasteiger partial charge is 0.139 e. The van der Waals surface area contributed by atoms with Gasteiger partial charge in [-0.05, 0) is 37.7 Å². The average molecular weight is 303 g/mol. The maximum atomic E-state index is 13.4. The van der Waals surface area contributed by atoms with Crippen LogP contribution in [0.15, 0.2) is 23.1 Å². The van der Waals surface area contributed by atoms with Crippen molar-refractivity contribution in [1.82, 2.24) is 5.32 Å². The van der Waals surface area contributed by atoms with Gasteiger partial charge in [-0.15, -0.1) is 11.8 Å². The van der Waals surface area contributed by atoms with Gasteiger partial charge in [0.05, 0.1) is 6.61 Å². The number of aliphatic hydroxyl groups is 1. The predicted octanol–water partition coefficient (Wildman–Crippen LogP) is 3.59. The molecule has 2 N–H and O–H groups in total. The van der Waals surface area contributed by atoms with Crippen molar-refractivity contribution in [2.75, 3.05) is 12.4 Å². The molecule has 0 aliphatic heterocycles. The van der Waals surface area contributed by atoms with Gasteiger partial charge in [0, 0.05) is 22.5 Å². The van der Waals surface area contributed by atoms with Crippen LogP contribution in [0.3, 0.4) is 0 Å². The van der Waals surface area contributed by atoms with E-state index < -0.39 is 11.6 Å². The molecule has 0 aliphatic carbocycles. The molecule has 5 heteroatoms. The summed E-state index contributed by atoms with van der Waals surface area (Å²) in [6.45, 7) is 6.13. The van der Waals surface area contributed by atoms with Crippen LogP contribution >= 0.6 is 11.8 Å². The molecule has 0 saturated carbocycles. The first-order chi connectivity index (χ1) is 9.36. The normalized spacial score (nSPS) is 14.6. The fraction of sp³-hybridized carbons (Fsp3) is 0.600. The Bertz CT molecular complexity index is 428. The summed E-state index contributed by atoms with van der Waals surface area (Å²) in [5, 5.41) is 12.8. The van der Waals surface area contributed by atoms with E-state index in [0.29, 0.717) is 10.9 Å². The zero-order valence-corrected chi connectivity index (χ0v) is 13.1. The molecule has 0 aromatic heterocycles. The second-order valence-corrected chi connectivity index (χ2v) is 6.68. The van der Waals surface area contributed by atoms with Crippen molar-refractivity contribution in [3.05, 3.63) is 29.8 Å². The minimum absolute atomic E-state index is 0.0702.